The van der Waals surface area contributed by atoms with E-state index < -0.39 is 11.5 Å². The Labute approximate surface area is 170 Å². The molecule has 0 radical (unpaired) electrons. The van der Waals surface area contributed by atoms with E-state index in [2.05, 4.69) is 25.5 Å². The van der Waals surface area contributed by atoms with Crippen molar-refractivity contribution in [1.82, 2.24) is 9.97 Å². The first-order valence-corrected chi connectivity index (χ1v) is 9.76. The third-order valence-electron chi connectivity index (χ3n) is 4.16. The molecule has 7 nitrogen and oxygen atoms in total. The molecule has 1 fully saturated rings. The van der Waals surface area contributed by atoms with Gasteiger partial charge in [0.1, 0.15) is 5.69 Å². The molecule has 0 atom stereocenters. The number of rotatable bonds is 5. The fraction of sp³-hybridized carbons (Fsp3) is 0.389. The Morgan fingerprint density at radius 3 is 2.38 bits per heavy atom. The number of alkyl halides is 3. The molecule has 0 aliphatic carbocycles. The zero-order chi connectivity index (χ0) is 21.0. The predicted molar refractivity (Wildman–Crippen MR) is 109 cm³/mol. The van der Waals surface area contributed by atoms with Gasteiger partial charge in [-0.15, -0.1) is 0 Å². The molecular formula is C18H21F3N6OS. The highest BCUT2D eigenvalue weighted by Crippen LogP contribution is 2.37. The van der Waals surface area contributed by atoms with E-state index in [1.807, 2.05) is 14.1 Å². The summed E-state index contributed by atoms with van der Waals surface area (Å²) in [6, 6.07) is 4.88. The average Bonchev–Trinajstić information content (AvgIpc) is 3.17. The van der Waals surface area contributed by atoms with E-state index >= 15 is 0 Å². The lowest BCUT2D eigenvalue weighted by atomic mass is 10.3. The average molecular weight is 426 g/mol. The maximum atomic E-state index is 12.4. The summed E-state index contributed by atoms with van der Waals surface area (Å²) in [5, 5.41) is 5.28. The van der Waals surface area contributed by atoms with Crippen LogP contribution in [0.5, 0.6) is 0 Å². The molecule has 1 aromatic carbocycles. The fourth-order valence-corrected chi connectivity index (χ4v) is 3.43. The van der Waals surface area contributed by atoms with Crippen LogP contribution < -0.4 is 20.4 Å². The van der Waals surface area contributed by atoms with Crippen molar-refractivity contribution in [2.75, 3.05) is 47.6 Å². The topological polar surface area (TPSA) is 73.4 Å². The molecule has 1 saturated heterocycles. The highest BCUT2D eigenvalue weighted by atomic mass is 32.2. The minimum Gasteiger partial charge on any atom is -0.361 e. The molecule has 2 aromatic rings. The van der Waals surface area contributed by atoms with Gasteiger partial charge in [0.2, 0.25) is 5.95 Å². The summed E-state index contributed by atoms with van der Waals surface area (Å²) in [7, 11) is 3.63. The number of nitrogens with zero attached hydrogens (tertiary/aromatic N) is 4. The van der Waals surface area contributed by atoms with Crippen LogP contribution in [0.15, 0.2) is 35.4 Å². The van der Waals surface area contributed by atoms with Gasteiger partial charge in [-0.3, -0.25) is 0 Å². The molecule has 2 heterocycles. The molecule has 1 aliphatic heterocycles. The summed E-state index contributed by atoms with van der Waals surface area (Å²) in [6.07, 6.45) is 3.76. The molecule has 0 saturated carbocycles. The van der Waals surface area contributed by atoms with Crippen LogP contribution in [0.3, 0.4) is 0 Å². The molecule has 11 heteroatoms. The highest BCUT2D eigenvalue weighted by Gasteiger charge is 2.29. The quantitative estimate of drug-likeness (QED) is 0.691. The van der Waals surface area contributed by atoms with Crippen LogP contribution in [0.2, 0.25) is 0 Å². The molecule has 2 N–H and O–H groups in total. The van der Waals surface area contributed by atoms with E-state index in [1.54, 1.807) is 11.1 Å². The van der Waals surface area contributed by atoms with Crippen LogP contribution in [-0.2, 0) is 0 Å². The van der Waals surface area contributed by atoms with Gasteiger partial charge in [-0.2, -0.15) is 18.2 Å². The Kier molecular flexibility index (Phi) is 6.36. The van der Waals surface area contributed by atoms with Gasteiger partial charge >= 0.3 is 11.5 Å². The summed E-state index contributed by atoms with van der Waals surface area (Å²) in [4.78, 5) is 25.1. The van der Waals surface area contributed by atoms with Crippen LogP contribution in [0.25, 0.3) is 0 Å². The number of carbonyl (C=O) groups is 1. The minimum atomic E-state index is -4.35. The third kappa shape index (κ3) is 5.89. The van der Waals surface area contributed by atoms with Crippen LogP contribution in [0.4, 0.5) is 41.1 Å². The SMILES string of the molecule is CN(C)c1nc(N2CCCC2)ncc1NC(=O)Nc1ccc(SC(F)(F)F)cc1. The van der Waals surface area contributed by atoms with Crippen molar-refractivity contribution >= 4 is 40.9 Å². The molecule has 156 valence electrons. The van der Waals surface area contributed by atoms with Crippen LogP contribution >= 0.6 is 11.8 Å². The maximum absolute atomic E-state index is 12.4. The Hall–Kier alpha value is -2.69. The summed E-state index contributed by atoms with van der Waals surface area (Å²) in [6.45, 7) is 1.81. The van der Waals surface area contributed by atoms with Gasteiger partial charge in [-0.25, -0.2) is 9.78 Å². The Bertz CT molecular complexity index is 854. The maximum Gasteiger partial charge on any atom is 0.446 e. The van der Waals surface area contributed by atoms with Gasteiger partial charge in [0.15, 0.2) is 5.82 Å². The number of urea groups is 1. The largest absolute Gasteiger partial charge is 0.446 e. The molecular weight excluding hydrogens is 405 g/mol. The van der Waals surface area contributed by atoms with Gasteiger partial charge < -0.3 is 20.4 Å². The van der Waals surface area contributed by atoms with Crippen molar-refractivity contribution in [3.63, 3.8) is 0 Å². The molecule has 29 heavy (non-hydrogen) atoms. The lowest BCUT2D eigenvalue weighted by molar-refractivity contribution is -0.0328. The van der Waals surface area contributed by atoms with E-state index in [1.165, 1.54) is 24.3 Å². The van der Waals surface area contributed by atoms with Gasteiger partial charge in [0.25, 0.3) is 0 Å². The molecule has 1 aromatic heterocycles. The normalized spacial score (nSPS) is 14.0. The number of hydrogen-bond acceptors (Lipinski definition) is 6. The number of anilines is 4. The van der Waals surface area contributed by atoms with Crippen LogP contribution in [0.1, 0.15) is 12.8 Å². The number of thioether (sulfide) groups is 1. The lowest BCUT2D eigenvalue weighted by Gasteiger charge is -2.21. The Balaban J connectivity index is 1.66. The number of amides is 2. The molecule has 0 unspecified atom stereocenters. The number of halogens is 3. The first kappa shape index (κ1) is 21.0. The number of benzene rings is 1. The van der Waals surface area contributed by atoms with E-state index in [9.17, 15) is 18.0 Å². The van der Waals surface area contributed by atoms with E-state index in [0.29, 0.717) is 23.1 Å². The van der Waals surface area contributed by atoms with Gasteiger partial charge in [0.05, 0.1) is 6.20 Å². The second-order valence-corrected chi connectivity index (χ2v) is 7.79. The van der Waals surface area contributed by atoms with Crippen molar-refractivity contribution < 1.29 is 18.0 Å². The summed E-state index contributed by atoms with van der Waals surface area (Å²) < 4.78 is 37.2. The van der Waals surface area contributed by atoms with Crippen molar-refractivity contribution in [2.24, 2.45) is 0 Å². The zero-order valence-corrected chi connectivity index (χ0v) is 16.8. The monoisotopic (exact) mass is 426 g/mol. The van der Waals surface area contributed by atoms with E-state index in [-0.39, 0.29) is 16.7 Å². The molecule has 0 spiro atoms. The molecule has 1 aliphatic rings. The second kappa shape index (κ2) is 8.76. The number of hydrogen-bond donors (Lipinski definition) is 2. The van der Waals surface area contributed by atoms with Gasteiger partial charge in [-0.1, -0.05) is 0 Å². The standard InChI is InChI=1S/C18H21F3N6OS/c1-26(2)15-14(11-22-16(25-15)27-9-3-4-10-27)24-17(28)23-12-5-7-13(8-6-12)29-18(19,20)21/h5-8,11H,3-4,9-10H2,1-2H3,(H2,23,24,28). The third-order valence-corrected chi connectivity index (χ3v) is 4.90. The lowest BCUT2D eigenvalue weighted by Crippen LogP contribution is -2.25. The van der Waals surface area contributed by atoms with Crippen molar-refractivity contribution in [2.45, 2.75) is 23.2 Å². The summed E-state index contributed by atoms with van der Waals surface area (Å²) in [5.41, 5.74) is -3.55. The van der Waals surface area contributed by atoms with Crippen LogP contribution in [0, 0.1) is 0 Å². The van der Waals surface area contributed by atoms with Crippen molar-refractivity contribution in [1.29, 1.82) is 0 Å². The van der Waals surface area contributed by atoms with E-state index in [4.69, 9.17) is 0 Å². The predicted octanol–water partition coefficient (Wildman–Crippen LogP) is 4.40. The fourth-order valence-electron chi connectivity index (χ4n) is 2.89. The molecule has 0 bridgehead atoms. The number of aromatic nitrogens is 2. The summed E-state index contributed by atoms with van der Waals surface area (Å²) >= 11 is -0.207. The van der Waals surface area contributed by atoms with Gasteiger partial charge in [0, 0.05) is 37.8 Å². The minimum absolute atomic E-state index is 0.0456. The number of carbonyl (C=O) groups excluding carboxylic acids is 1. The first-order chi connectivity index (χ1) is 13.7. The first-order valence-electron chi connectivity index (χ1n) is 8.94. The number of nitrogens with one attached hydrogen (secondary N) is 2. The summed E-state index contributed by atoms with van der Waals surface area (Å²) in [5.74, 6) is 1.18. The Morgan fingerprint density at radius 2 is 1.79 bits per heavy atom. The second-order valence-electron chi connectivity index (χ2n) is 6.65. The van der Waals surface area contributed by atoms with Crippen molar-refractivity contribution in [3.8, 4) is 0 Å². The molecule has 2 amide bonds. The zero-order valence-electron chi connectivity index (χ0n) is 16.0. The van der Waals surface area contributed by atoms with Gasteiger partial charge in [-0.05, 0) is 48.9 Å². The highest BCUT2D eigenvalue weighted by molar-refractivity contribution is 8.00. The van der Waals surface area contributed by atoms with Crippen molar-refractivity contribution in [3.05, 3.63) is 30.5 Å². The van der Waals surface area contributed by atoms with Crippen LogP contribution in [-0.4, -0.2) is 48.7 Å². The Morgan fingerprint density at radius 1 is 1.14 bits per heavy atom. The molecule has 3 rings (SSSR count). The van der Waals surface area contributed by atoms with E-state index in [0.717, 1.165) is 25.9 Å². The smallest absolute Gasteiger partial charge is 0.361 e.